The summed E-state index contributed by atoms with van der Waals surface area (Å²) in [4.78, 5) is 128. The van der Waals surface area contributed by atoms with Crippen LogP contribution in [0.25, 0.3) is 0 Å². The molecule has 0 heterocycles. The van der Waals surface area contributed by atoms with E-state index in [2.05, 4.69) is 5.32 Å². The standard InChI is InChI=1S/C56H65Cl8N9O11/c57-40-7-3-36(44(61)25-40)11-18-67-29-49(75)70(20-12-37-4-8-41(58)26-45(37)62)32-53(79)72(22-14-39-6-10-43(60)28-47(39)64)35-54(80)71(21-13-38-5-9-42(59)27-46(38)63)33-50(76)68(19-2-1-17-65)31-52(78)73(24-16-56(83)84)34-51(77)69(30-48(66)74)23-15-55(81)82/h3-10,25-28,67H,1-2,11-24,29-35,65H2,(H2,66,74)(H,81,82)(H,83,84). The Morgan fingerprint density at radius 3 is 1.00 bits per heavy atom. The number of benzene rings is 4. The lowest BCUT2D eigenvalue weighted by molar-refractivity contribution is -0.148. The third-order valence-electron chi connectivity index (χ3n) is 13.0. The molecule has 0 aliphatic rings. The number of aliphatic carboxylic acids is 2. The summed E-state index contributed by atoms with van der Waals surface area (Å²) in [5, 5.41) is 24.8. The summed E-state index contributed by atoms with van der Waals surface area (Å²) in [6.45, 7) is -5.13. The Hall–Kier alpha value is -5.65. The highest BCUT2D eigenvalue weighted by atomic mass is 35.5. The average molecular weight is 1320 g/mol. The van der Waals surface area contributed by atoms with Gasteiger partial charge >= 0.3 is 11.9 Å². The van der Waals surface area contributed by atoms with Crippen LogP contribution in [0.5, 0.6) is 0 Å². The molecule has 4 rings (SSSR count). The van der Waals surface area contributed by atoms with E-state index in [0.717, 1.165) is 20.3 Å². The molecule has 0 atom stereocenters. The SMILES string of the molecule is NCCCCN(CC(=O)N(CCC(=O)O)CC(=O)N(CCC(=O)O)CC(N)=O)C(=O)CN(CCc1ccc(Cl)cc1Cl)C(=O)CN(CCc1ccc(Cl)cc1Cl)C(=O)CN(CCc1ccc(Cl)cc1Cl)C(=O)CNCCc1ccc(Cl)cc1Cl. The number of carbonyl (C=O) groups is 9. The second kappa shape index (κ2) is 36.4. The molecule has 0 bridgehead atoms. The lowest BCUT2D eigenvalue weighted by Crippen LogP contribution is -2.53. The van der Waals surface area contributed by atoms with Crippen LogP contribution < -0.4 is 16.8 Å². The molecule has 0 saturated carbocycles. The molecule has 0 saturated heterocycles. The third kappa shape index (κ3) is 25.1. The zero-order valence-corrected chi connectivity index (χ0v) is 51.7. The monoisotopic (exact) mass is 1320 g/mol. The number of halogens is 8. The summed E-state index contributed by atoms with van der Waals surface area (Å²) in [6.07, 6.45) is 0.258. The summed E-state index contributed by atoms with van der Waals surface area (Å²) in [7, 11) is 0. The molecule has 0 aliphatic heterocycles. The average Bonchev–Trinajstić information content (AvgIpc) is 3.45. The molecular weight excluding hydrogens is 1260 g/mol. The Balaban J connectivity index is 1.70. The van der Waals surface area contributed by atoms with Crippen molar-refractivity contribution in [2.75, 3.05) is 98.2 Å². The van der Waals surface area contributed by atoms with Gasteiger partial charge in [0.1, 0.15) is 0 Å². The van der Waals surface area contributed by atoms with E-state index >= 15 is 0 Å². The van der Waals surface area contributed by atoms with E-state index in [1.165, 1.54) is 26.8 Å². The van der Waals surface area contributed by atoms with E-state index in [4.69, 9.17) is 104 Å². The van der Waals surface area contributed by atoms with Crippen molar-refractivity contribution in [3.05, 3.63) is 135 Å². The van der Waals surface area contributed by atoms with Gasteiger partial charge in [-0.3, -0.25) is 43.2 Å². The van der Waals surface area contributed by atoms with Gasteiger partial charge in [-0.25, -0.2) is 0 Å². The van der Waals surface area contributed by atoms with Crippen LogP contribution in [0.1, 0.15) is 47.9 Å². The fourth-order valence-corrected chi connectivity index (χ4v) is 10.4. The zero-order valence-electron chi connectivity index (χ0n) is 45.6. The van der Waals surface area contributed by atoms with Crippen molar-refractivity contribution in [2.24, 2.45) is 11.5 Å². The van der Waals surface area contributed by atoms with Crippen molar-refractivity contribution in [3.63, 3.8) is 0 Å². The van der Waals surface area contributed by atoms with Gasteiger partial charge in [0.15, 0.2) is 0 Å². The molecule has 456 valence electrons. The fourth-order valence-electron chi connectivity index (χ4n) is 8.36. The number of rotatable bonds is 36. The van der Waals surface area contributed by atoms with E-state index in [9.17, 15) is 53.4 Å². The molecule has 0 aliphatic carbocycles. The lowest BCUT2D eigenvalue weighted by Gasteiger charge is -2.32. The number of amides is 7. The highest BCUT2D eigenvalue weighted by molar-refractivity contribution is 6.36. The van der Waals surface area contributed by atoms with Crippen molar-refractivity contribution >= 4 is 146 Å². The molecule has 7 amide bonds. The lowest BCUT2D eigenvalue weighted by atomic mass is 10.1. The molecule has 84 heavy (non-hydrogen) atoms. The Labute approximate surface area is 527 Å². The van der Waals surface area contributed by atoms with Gasteiger partial charge in [0, 0.05) is 79.4 Å². The van der Waals surface area contributed by atoms with Crippen molar-refractivity contribution < 1.29 is 53.4 Å². The highest BCUT2D eigenvalue weighted by Crippen LogP contribution is 2.25. The molecule has 20 nitrogen and oxygen atoms in total. The van der Waals surface area contributed by atoms with E-state index in [-0.39, 0.29) is 75.0 Å². The van der Waals surface area contributed by atoms with E-state index in [0.29, 0.717) is 66.2 Å². The smallest absolute Gasteiger partial charge is 0.305 e. The normalized spacial score (nSPS) is 11.0. The number of carbonyl (C=O) groups excluding carboxylic acids is 7. The maximum absolute atomic E-state index is 15.0. The Morgan fingerprint density at radius 2 is 0.690 bits per heavy atom. The topological polar surface area (TPSA) is 278 Å². The molecule has 0 fully saturated rings. The Kier molecular flexibility index (Phi) is 30.7. The number of nitrogens with zero attached hydrogens (tertiary/aromatic N) is 6. The van der Waals surface area contributed by atoms with Gasteiger partial charge in [0.25, 0.3) is 0 Å². The van der Waals surface area contributed by atoms with E-state index in [1.54, 1.807) is 60.7 Å². The van der Waals surface area contributed by atoms with Crippen LogP contribution in [0, 0.1) is 0 Å². The van der Waals surface area contributed by atoms with Crippen LogP contribution in [0.4, 0.5) is 0 Å². The summed E-state index contributed by atoms with van der Waals surface area (Å²) in [5.41, 5.74) is 13.7. The first-order valence-electron chi connectivity index (χ1n) is 26.4. The molecular formula is C56H65Cl8N9O11. The van der Waals surface area contributed by atoms with Crippen LogP contribution in [0.15, 0.2) is 72.8 Å². The first-order valence-corrected chi connectivity index (χ1v) is 29.4. The third-order valence-corrected chi connectivity index (χ3v) is 15.4. The molecule has 0 spiro atoms. The predicted molar refractivity (Wildman–Crippen MR) is 325 cm³/mol. The van der Waals surface area contributed by atoms with Crippen LogP contribution in [0.2, 0.25) is 40.2 Å². The zero-order chi connectivity index (χ0) is 62.0. The van der Waals surface area contributed by atoms with Gasteiger partial charge in [0.05, 0.1) is 58.7 Å². The summed E-state index contributed by atoms with van der Waals surface area (Å²) < 4.78 is 0. The van der Waals surface area contributed by atoms with E-state index in [1.807, 2.05) is 0 Å². The maximum atomic E-state index is 15.0. The number of unbranched alkanes of at least 4 members (excludes halogenated alkanes) is 1. The van der Waals surface area contributed by atoms with Gasteiger partial charge in [-0.1, -0.05) is 117 Å². The number of nitrogens with one attached hydrogen (secondary N) is 1. The molecule has 4 aromatic carbocycles. The minimum absolute atomic E-state index is 0.000850. The Bertz CT molecular complexity index is 2980. The fraction of sp³-hybridized carbons (Fsp3) is 0.411. The number of primary amides is 1. The molecule has 0 radical (unpaired) electrons. The summed E-state index contributed by atoms with van der Waals surface area (Å²) in [5.74, 6) is -8.06. The van der Waals surface area contributed by atoms with Gasteiger partial charge in [-0.05, 0) is 122 Å². The quantitative estimate of drug-likeness (QED) is 0.0290. The number of carboxylic acid groups (broad SMARTS) is 2. The van der Waals surface area contributed by atoms with Crippen molar-refractivity contribution in [1.82, 2.24) is 34.7 Å². The second-order valence-electron chi connectivity index (χ2n) is 19.3. The van der Waals surface area contributed by atoms with E-state index < -0.39 is 118 Å². The summed E-state index contributed by atoms with van der Waals surface area (Å²) >= 11 is 50.8. The van der Waals surface area contributed by atoms with Crippen LogP contribution in [-0.2, 0) is 68.8 Å². The molecule has 0 aromatic heterocycles. The van der Waals surface area contributed by atoms with Crippen molar-refractivity contribution in [2.45, 2.75) is 51.4 Å². The van der Waals surface area contributed by atoms with Gasteiger partial charge in [-0.2, -0.15) is 0 Å². The molecule has 4 aromatic rings. The number of carboxylic acids is 2. The molecule has 0 unspecified atom stereocenters. The molecule has 7 N–H and O–H groups in total. The first kappa shape index (κ1) is 70.8. The minimum atomic E-state index is -1.33. The largest absolute Gasteiger partial charge is 0.481 e. The number of hydrogen-bond acceptors (Lipinski definition) is 11. The van der Waals surface area contributed by atoms with Crippen LogP contribution >= 0.6 is 92.8 Å². The highest BCUT2D eigenvalue weighted by Gasteiger charge is 2.31. The maximum Gasteiger partial charge on any atom is 0.305 e. The first-order chi connectivity index (χ1) is 39.8. The minimum Gasteiger partial charge on any atom is -0.481 e. The predicted octanol–water partition coefficient (Wildman–Crippen LogP) is 6.92. The number of hydrogen-bond donors (Lipinski definition) is 5. The summed E-state index contributed by atoms with van der Waals surface area (Å²) in [6, 6.07) is 19.5. The van der Waals surface area contributed by atoms with Gasteiger partial charge in [0.2, 0.25) is 41.4 Å². The van der Waals surface area contributed by atoms with Gasteiger partial charge in [-0.15, -0.1) is 0 Å². The Morgan fingerprint density at radius 1 is 0.393 bits per heavy atom. The van der Waals surface area contributed by atoms with Crippen molar-refractivity contribution in [1.29, 1.82) is 0 Å². The molecule has 28 heteroatoms. The number of nitrogens with two attached hydrogens (primary N) is 2. The van der Waals surface area contributed by atoms with Crippen molar-refractivity contribution in [3.8, 4) is 0 Å². The van der Waals surface area contributed by atoms with Gasteiger partial charge < -0.3 is 56.4 Å². The van der Waals surface area contributed by atoms with Crippen LogP contribution in [0.3, 0.4) is 0 Å². The van der Waals surface area contributed by atoms with Crippen LogP contribution in [-0.4, -0.2) is 191 Å². The second-order valence-corrected chi connectivity index (χ2v) is 22.6.